The van der Waals surface area contributed by atoms with Crippen LogP contribution in [0.25, 0.3) is 0 Å². The molecule has 0 radical (unpaired) electrons. The Bertz CT molecular complexity index is 442. The summed E-state index contributed by atoms with van der Waals surface area (Å²) in [4.78, 5) is 11.8. The van der Waals surface area contributed by atoms with Crippen LogP contribution in [0.3, 0.4) is 0 Å². The normalized spacial score (nSPS) is 14.8. The summed E-state index contributed by atoms with van der Waals surface area (Å²) in [6.07, 6.45) is 5.76. The number of rotatable bonds is 6. The fraction of sp³-hybridized carbons (Fsp3) is 0.562. The minimum Gasteiger partial charge on any atom is -0.376 e. The van der Waals surface area contributed by atoms with Crippen LogP contribution in [0.4, 0.5) is 5.69 Å². The molecule has 1 aromatic carbocycles. The maximum atomic E-state index is 11.8. The van der Waals surface area contributed by atoms with Gasteiger partial charge in [-0.3, -0.25) is 4.79 Å². The number of carbonyl (C=O) groups excluding carboxylic acids is 1. The van der Waals surface area contributed by atoms with Gasteiger partial charge in [-0.1, -0.05) is 19.4 Å². The largest absolute Gasteiger partial charge is 0.376 e. The molecule has 0 heterocycles. The first kappa shape index (κ1) is 13.9. The first-order valence-corrected chi connectivity index (χ1v) is 7.34. The molecule has 0 bridgehead atoms. The van der Waals surface area contributed by atoms with Gasteiger partial charge in [0.2, 0.25) is 5.91 Å². The zero-order valence-electron chi connectivity index (χ0n) is 12.0. The van der Waals surface area contributed by atoms with Crippen molar-refractivity contribution in [1.82, 2.24) is 5.32 Å². The highest BCUT2D eigenvalue weighted by atomic mass is 16.1. The molecule has 0 spiro atoms. The lowest BCUT2D eigenvalue weighted by molar-refractivity contribution is -0.120. The Balaban J connectivity index is 1.80. The van der Waals surface area contributed by atoms with Crippen LogP contribution in [0.2, 0.25) is 0 Å². The molecule has 1 amide bonds. The maximum absolute atomic E-state index is 11.8. The number of hydrogen-bond donors (Lipinski definition) is 2. The van der Waals surface area contributed by atoms with E-state index in [4.69, 9.17) is 0 Å². The average molecular weight is 260 g/mol. The molecular weight excluding hydrogens is 236 g/mol. The lowest BCUT2D eigenvalue weighted by atomic mass is 10.1. The second-order valence-electron chi connectivity index (χ2n) is 5.45. The Morgan fingerprint density at radius 2 is 2.11 bits per heavy atom. The molecule has 3 nitrogen and oxygen atoms in total. The summed E-state index contributed by atoms with van der Waals surface area (Å²) >= 11 is 0. The van der Waals surface area contributed by atoms with Gasteiger partial charge in [-0.25, -0.2) is 0 Å². The molecule has 2 N–H and O–H groups in total. The highest BCUT2D eigenvalue weighted by molar-refractivity contribution is 5.81. The zero-order chi connectivity index (χ0) is 13.7. The average Bonchev–Trinajstić information content (AvgIpc) is 2.83. The molecule has 1 aliphatic carbocycles. The number of benzene rings is 1. The highest BCUT2D eigenvalue weighted by Gasteiger charge is 2.11. The van der Waals surface area contributed by atoms with Crippen LogP contribution in [0.1, 0.15) is 44.2 Å². The quantitative estimate of drug-likeness (QED) is 0.825. The summed E-state index contributed by atoms with van der Waals surface area (Å²) in [5.41, 5.74) is 3.95. The van der Waals surface area contributed by atoms with E-state index in [1.807, 2.05) is 0 Å². The minimum absolute atomic E-state index is 0.0708. The molecule has 19 heavy (non-hydrogen) atoms. The number of carbonyl (C=O) groups is 1. The SMILES string of the molecule is CCCC(C)NC(=O)CNc1ccc2c(c1)CCC2. The Kier molecular flexibility index (Phi) is 4.83. The number of amides is 1. The lowest BCUT2D eigenvalue weighted by Crippen LogP contribution is -2.36. The van der Waals surface area contributed by atoms with Crippen molar-refractivity contribution < 1.29 is 4.79 Å². The van der Waals surface area contributed by atoms with Gasteiger partial charge in [0, 0.05) is 11.7 Å². The maximum Gasteiger partial charge on any atom is 0.239 e. The summed E-state index contributed by atoms with van der Waals surface area (Å²) in [7, 11) is 0. The summed E-state index contributed by atoms with van der Waals surface area (Å²) in [5.74, 6) is 0.0708. The topological polar surface area (TPSA) is 41.1 Å². The fourth-order valence-electron chi connectivity index (χ4n) is 2.70. The van der Waals surface area contributed by atoms with Crippen LogP contribution in [0.15, 0.2) is 18.2 Å². The van der Waals surface area contributed by atoms with E-state index in [9.17, 15) is 4.79 Å². The number of aryl methyl sites for hydroxylation is 2. The first-order chi connectivity index (χ1) is 9.19. The van der Waals surface area contributed by atoms with Gasteiger partial charge < -0.3 is 10.6 Å². The summed E-state index contributed by atoms with van der Waals surface area (Å²) in [6, 6.07) is 6.71. The van der Waals surface area contributed by atoms with Gasteiger partial charge in [0.15, 0.2) is 0 Å². The molecule has 1 aromatic rings. The van der Waals surface area contributed by atoms with Gasteiger partial charge in [0.25, 0.3) is 0 Å². The van der Waals surface area contributed by atoms with Gasteiger partial charge in [-0.15, -0.1) is 0 Å². The summed E-state index contributed by atoms with van der Waals surface area (Å²) < 4.78 is 0. The van der Waals surface area contributed by atoms with E-state index in [0.717, 1.165) is 18.5 Å². The van der Waals surface area contributed by atoms with Gasteiger partial charge in [0.1, 0.15) is 0 Å². The smallest absolute Gasteiger partial charge is 0.239 e. The first-order valence-electron chi connectivity index (χ1n) is 7.34. The Morgan fingerprint density at radius 1 is 1.32 bits per heavy atom. The Labute approximate surface area is 115 Å². The molecule has 2 rings (SSSR count). The number of fused-ring (bicyclic) bond motifs is 1. The molecule has 1 aliphatic rings. The van der Waals surface area contributed by atoms with Crippen LogP contribution in [0, 0.1) is 0 Å². The van der Waals surface area contributed by atoms with Crippen molar-refractivity contribution in [1.29, 1.82) is 0 Å². The van der Waals surface area contributed by atoms with Crippen molar-refractivity contribution in [2.24, 2.45) is 0 Å². The molecular formula is C16H24N2O. The molecule has 0 saturated heterocycles. The third-order valence-corrected chi connectivity index (χ3v) is 3.68. The predicted octanol–water partition coefficient (Wildman–Crippen LogP) is 2.89. The Morgan fingerprint density at radius 3 is 2.89 bits per heavy atom. The number of hydrogen-bond acceptors (Lipinski definition) is 2. The zero-order valence-corrected chi connectivity index (χ0v) is 12.0. The molecule has 0 aliphatic heterocycles. The van der Waals surface area contributed by atoms with Crippen LogP contribution < -0.4 is 10.6 Å². The van der Waals surface area contributed by atoms with Crippen molar-refractivity contribution in [2.75, 3.05) is 11.9 Å². The molecule has 1 unspecified atom stereocenters. The van der Waals surface area contributed by atoms with E-state index < -0.39 is 0 Å². The molecule has 1 atom stereocenters. The van der Waals surface area contributed by atoms with E-state index in [-0.39, 0.29) is 11.9 Å². The molecule has 104 valence electrons. The van der Waals surface area contributed by atoms with Gasteiger partial charge in [-0.05, 0) is 55.9 Å². The predicted molar refractivity (Wildman–Crippen MR) is 79.5 cm³/mol. The van der Waals surface area contributed by atoms with Crippen LogP contribution in [-0.4, -0.2) is 18.5 Å². The van der Waals surface area contributed by atoms with E-state index in [1.165, 1.54) is 30.4 Å². The summed E-state index contributed by atoms with van der Waals surface area (Å²) in [6.45, 7) is 4.54. The standard InChI is InChI=1S/C16H24N2O/c1-3-5-12(2)18-16(19)11-17-15-9-8-13-6-4-7-14(13)10-15/h8-10,12,17H,3-7,11H2,1-2H3,(H,18,19). The van der Waals surface area contributed by atoms with Crippen molar-refractivity contribution >= 4 is 11.6 Å². The van der Waals surface area contributed by atoms with Crippen LogP contribution >= 0.6 is 0 Å². The van der Waals surface area contributed by atoms with E-state index >= 15 is 0 Å². The highest BCUT2D eigenvalue weighted by Crippen LogP contribution is 2.24. The molecule has 0 saturated carbocycles. The third kappa shape index (κ3) is 3.98. The van der Waals surface area contributed by atoms with Crippen molar-refractivity contribution in [3.63, 3.8) is 0 Å². The van der Waals surface area contributed by atoms with E-state index in [0.29, 0.717) is 6.54 Å². The minimum atomic E-state index is 0.0708. The van der Waals surface area contributed by atoms with Gasteiger partial charge in [-0.2, -0.15) is 0 Å². The lowest BCUT2D eigenvalue weighted by Gasteiger charge is -2.14. The van der Waals surface area contributed by atoms with Gasteiger partial charge in [0.05, 0.1) is 6.54 Å². The van der Waals surface area contributed by atoms with Crippen LogP contribution in [-0.2, 0) is 17.6 Å². The van der Waals surface area contributed by atoms with Crippen molar-refractivity contribution in [2.45, 2.75) is 52.0 Å². The Hall–Kier alpha value is -1.51. The molecule has 3 heteroatoms. The third-order valence-electron chi connectivity index (χ3n) is 3.68. The summed E-state index contributed by atoms with van der Waals surface area (Å²) in [5, 5.41) is 6.21. The second-order valence-corrected chi connectivity index (χ2v) is 5.45. The van der Waals surface area contributed by atoms with E-state index in [2.05, 4.69) is 42.7 Å². The van der Waals surface area contributed by atoms with Crippen molar-refractivity contribution in [3.05, 3.63) is 29.3 Å². The van der Waals surface area contributed by atoms with Gasteiger partial charge >= 0.3 is 0 Å². The van der Waals surface area contributed by atoms with Crippen molar-refractivity contribution in [3.8, 4) is 0 Å². The number of anilines is 1. The number of nitrogens with one attached hydrogen (secondary N) is 2. The molecule has 0 aromatic heterocycles. The molecule has 0 fully saturated rings. The second kappa shape index (κ2) is 6.60. The van der Waals surface area contributed by atoms with E-state index in [1.54, 1.807) is 0 Å². The fourth-order valence-corrected chi connectivity index (χ4v) is 2.70. The monoisotopic (exact) mass is 260 g/mol. The van der Waals surface area contributed by atoms with Crippen LogP contribution in [0.5, 0.6) is 0 Å².